The molecule has 0 unspecified atom stereocenters. The summed E-state index contributed by atoms with van der Waals surface area (Å²) in [6.45, 7) is -1.55. The number of carbonyl (C=O) groups excluding carboxylic acids is 1. The minimum absolute atomic E-state index is 0. The molecule has 0 aliphatic carbocycles. The van der Waals surface area contributed by atoms with E-state index in [2.05, 4.69) is 4.99 Å². The smallest absolute Gasteiger partial charge is 0.173 e. The first-order valence-electron chi connectivity index (χ1n) is 5.61. The predicted molar refractivity (Wildman–Crippen MR) is 44.1 cm³/mol. The van der Waals surface area contributed by atoms with Crippen LogP contribution in [0.4, 0.5) is 0 Å². The minimum Gasteiger partial charge on any atom is -0.293 e. The molecule has 0 aromatic heterocycles. The van der Waals surface area contributed by atoms with Crippen molar-refractivity contribution < 1.29 is 13.0 Å². The van der Waals surface area contributed by atoms with Crippen molar-refractivity contribution in [1.82, 2.24) is 0 Å². The van der Waals surface area contributed by atoms with Gasteiger partial charge in [0.1, 0.15) is 0 Å². The zero-order chi connectivity index (χ0) is 12.1. The van der Waals surface area contributed by atoms with Gasteiger partial charge in [-0.2, -0.15) is 0 Å². The SMILES string of the molecule is Cl.[2H]C1([2H])CC(C(C)=O)=NC([2H])([2H])C1([2H])[2H]. The first-order valence-corrected chi connectivity index (χ1v) is 2.61. The highest BCUT2D eigenvalue weighted by Gasteiger charge is 2.07. The van der Waals surface area contributed by atoms with E-state index >= 15 is 0 Å². The molecule has 0 saturated carbocycles. The van der Waals surface area contributed by atoms with Crippen LogP contribution in [0.5, 0.6) is 0 Å². The quantitative estimate of drug-likeness (QED) is 0.584. The summed E-state index contributed by atoms with van der Waals surface area (Å²) in [7, 11) is 0. The zero-order valence-corrected chi connectivity index (χ0v) is 6.29. The third kappa shape index (κ3) is 2.48. The highest BCUT2D eigenvalue weighted by molar-refractivity contribution is 6.39. The van der Waals surface area contributed by atoms with Crippen LogP contribution in [-0.4, -0.2) is 18.0 Å². The van der Waals surface area contributed by atoms with Gasteiger partial charge in [-0.25, -0.2) is 0 Å². The molecule has 0 amide bonds. The molecule has 0 aromatic carbocycles. The molecular weight excluding hydrogens is 150 g/mol. The molecule has 1 aliphatic heterocycles. The summed E-state index contributed by atoms with van der Waals surface area (Å²) < 4.78 is 44.2. The van der Waals surface area contributed by atoms with Gasteiger partial charge in [0.25, 0.3) is 0 Å². The van der Waals surface area contributed by atoms with E-state index in [1.165, 1.54) is 0 Å². The average molecular weight is 168 g/mol. The Kier molecular flexibility index (Phi) is 1.49. The summed E-state index contributed by atoms with van der Waals surface area (Å²) in [4.78, 5) is 14.3. The third-order valence-corrected chi connectivity index (χ3v) is 0.997. The molecule has 0 spiro atoms. The Hall–Kier alpha value is -0.370. The van der Waals surface area contributed by atoms with Crippen molar-refractivity contribution in [3.05, 3.63) is 0 Å². The molecule has 10 heavy (non-hydrogen) atoms. The maximum Gasteiger partial charge on any atom is 0.173 e. The molecule has 0 bridgehead atoms. The fourth-order valence-corrected chi connectivity index (χ4v) is 0.506. The molecule has 0 fully saturated rings. The fourth-order valence-electron chi connectivity index (χ4n) is 0.506. The van der Waals surface area contributed by atoms with E-state index in [-0.39, 0.29) is 18.1 Å². The molecule has 58 valence electrons. The van der Waals surface area contributed by atoms with Gasteiger partial charge >= 0.3 is 0 Å². The fraction of sp³-hybridized carbons (Fsp3) is 0.714. The first-order chi connectivity index (χ1) is 6.51. The Morgan fingerprint density at radius 1 is 1.70 bits per heavy atom. The van der Waals surface area contributed by atoms with Crippen molar-refractivity contribution in [2.45, 2.75) is 26.1 Å². The van der Waals surface area contributed by atoms with Gasteiger partial charge < -0.3 is 0 Å². The Morgan fingerprint density at radius 2 is 2.40 bits per heavy atom. The predicted octanol–water partition coefficient (Wildman–Crippen LogP) is 1.62. The Morgan fingerprint density at radius 3 is 2.90 bits per heavy atom. The zero-order valence-electron chi connectivity index (χ0n) is 11.5. The second-order valence-corrected chi connectivity index (χ2v) is 1.71. The molecule has 0 radical (unpaired) electrons. The normalized spacial score (nSPS) is 41.1. The lowest BCUT2D eigenvalue weighted by atomic mass is 10.1. The summed E-state index contributed by atoms with van der Waals surface area (Å²) in [5, 5.41) is 0. The number of rotatable bonds is 1. The van der Waals surface area contributed by atoms with Crippen LogP contribution in [0.15, 0.2) is 4.99 Å². The van der Waals surface area contributed by atoms with Gasteiger partial charge in [0, 0.05) is 18.9 Å². The number of Topliss-reactive ketones (excluding diaryl/α,β-unsaturated/α-hetero) is 1. The van der Waals surface area contributed by atoms with Crippen molar-refractivity contribution in [3.8, 4) is 0 Å². The van der Waals surface area contributed by atoms with E-state index in [0.29, 0.717) is 0 Å². The monoisotopic (exact) mass is 167 g/mol. The van der Waals surface area contributed by atoms with Crippen LogP contribution in [0.25, 0.3) is 0 Å². The second-order valence-electron chi connectivity index (χ2n) is 1.71. The van der Waals surface area contributed by atoms with Gasteiger partial charge in [-0.1, -0.05) is 0 Å². The maximum atomic E-state index is 11.0. The number of ketones is 1. The number of nitrogens with zero attached hydrogens (tertiary/aromatic N) is 1. The molecule has 1 aliphatic rings. The third-order valence-electron chi connectivity index (χ3n) is 0.997. The van der Waals surface area contributed by atoms with Gasteiger partial charge in [-0.3, -0.25) is 9.79 Å². The van der Waals surface area contributed by atoms with Crippen LogP contribution in [0, 0.1) is 0 Å². The second kappa shape index (κ2) is 4.45. The van der Waals surface area contributed by atoms with Gasteiger partial charge in [-0.05, 0) is 19.2 Å². The number of aliphatic imine (C=N–C) groups is 1. The molecule has 1 heterocycles. The number of carbonyl (C=O) groups is 1. The number of halogens is 1. The number of hydrogen-bond donors (Lipinski definition) is 0. The van der Waals surface area contributed by atoms with Crippen LogP contribution in [-0.2, 0) is 4.79 Å². The molecule has 3 heteroatoms. The van der Waals surface area contributed by atoms with Crippen molar-refractivity contribution in [1.29, 1.82) is 0 Å². The lowest BCUT2D eigenvalue weighted by molar-refractivity contribution is -0.111. The van der Waals surface area contributed by atoms with Crippen molar-refractivity contribution >= 4 is 23.9 Å². The van der Waals surface area contributed by atoms with E-state index in [4.69, 9.17) is 8.22 Å². The van der Waals surface area contributed by atoms with Crippen molar-refractivity contribution in [3.63, 3.8) is 0 Å². The van der Waals surface area contributed by atoms with E-state index in [1.54, 1.807) is 0 Å². The molecular formula is C7H12ClNO. The minimum atomic E-state index is -2.74. The lowest BCUT2D eigenvalue weighted by Crippen LogP contribution is -2.14. The molecule has 2 nitrogen and oxygen atoms in total. The summed E-state index contributed by atoms with van der Waals surface area (Å²) in [6, 6.07) is 0. The molecule has 1 rings (SSSR count). The van der Waals surface area contributed by atoms with E-state index in [1.807, 2.05) is 0 Å². The van der Waals surface area contributed by atoms with Gasteiger partial charge in [0.15, 0.2) is 5.78 Å². The summed E-state index contributed by atoms with van der Waals surface area (Å²) >= 11 is 0. The number of hydrogen-bond acceptors (Lipinski definition) is 2. The van der Waals surface area contributed by atoms with E-state index < -0.39 is 31.4 Å². The van der Waals surface area contributed by atoms with Crippen LogP contribution in [0.3, 0.4) is 0 Å². The topological polar surface area (TPSA) is 29.4 Å². The molecule has 0 N–H and O–H groups in total. The van der Waals surface area contributed by atoms with Crippen LogP contribution in [0.2, 0.25) is 0 Å². The molecule has 0 saturated heterocycles. The van der Waals surface area contributed by atoms with E-state index in [9.17, 15) is 4.79 Å². The summed E-state index contributed by atoms with van der Waals surface area (Å²) in [5.41, 5.74) is -0.236. The van der Waals surface area contributed by atoms with Crippen LogP contribution < -0.4 is 0 Å². The van der Waals surface area contributed by atoms with Crippen molar-refractivity contribution in [2.75, 3.05) is 6.50 Å². The largest absolute Gasteiger partial charge is 0.293 e. The maximum absolute atomic E-state index is 11.0. The standard InChI is InChI=1S/C7H11NO.ClH/c1-6(9)7-4-2-3-5-8-7;/h2-5H2,1H3;1H/i2D2,3D2,5D2;. The highest BCUT2D eigenvalue weighted by Crippen LogP contribution is 2.05. The first kappa shape index (κ1) is 3.35. The lowest BCUT2D eigenvalue weighted by Gasteiger charge is -2.07. The highest BCUT2D eigenvalue weighted by atomic mass is 35.5. The van der Waals surface area contributed by atoms with Crippen LogP contribution in [0.1, 0.15) is 34.3 Å². The van der Waals surface area contributed by atoms with Gasteiger partial charge in [-0.15, -0.1) is 12.4 Å². The Bertz CT molecular complexity index is 340. The van der Waals surface area contributed by atoms with E-state index in [0.717, 1.165) is 6.92 Å². The van der Waals surface area contributed by atoms with Gasteiger partial charge in [0.2, 0.25) is 0 Å². The molecule has 0 atom stereocenters. The summed E-state index contributed by atoms with van der Waals surface area (Å²) in [6.07, 6.45) is -5.66. The van der Waals surface area contributed by atoms with Gasteiger partial charge in [0.05, 0.1) is 8.45 Å². The summed E-state index contributed by atoms with van der Waals surface area (Å²) in [5.74, 6) is -0.529. The van der Waals surface area contributed by atoms with Crippen LogP contribution >= 0.6 is 12.4 Å². The molecule has 0 aromatic rings. The Labute approximate surface area is 75.6 Å². The van der Waals surface area contributed by atoms with Crippen molar-refractivity contribution in [2.24, 2.45) is 4.99 Å². The average Bonchev–Trinajstić information content (AvgIpc) is 1.99. The Balaban J connectivity index is 0.00000225.